The highest BCUT2D eigenvalue weighted by molar-refractivity contribution is 6.30. The van der Waals surface area contributed by atoms with E-state index in [0.29, 0.717) is 41.8 Å². The van der Waals surface area contributed by atoms with E-state index in [0.717, 1.165) is 22.3 Å². The SMILES string of the molecule is C[C@]12C[C@H](c3ccc(C(=O)NCc4ccc(Cl)cc4)cc3)C3=C4CCC(=O)C=C4CC[C@H]3[C@@H]1CC[C@@]2(O)C(F)(F)C(F)(F)F. The largest absolute Gasteiger partial charge is 0.456 e. The Morgan fingerprint density at radius 1 is 1.00 bits per heavy atom. The van der Waals surface area contributed by atoms with Crippen LogP contribution in [0.5, 0.6) is 0 Å². The fourth-order valence-corrected chi connectivity index (χ4v) is 8.59. The summed E-state index contributed by atoms with van der Waals surface area (Å²) in [5, 5.41) is 14.8. The van der Waals surface area contributed by atoms with Gasteiger partial charge in [0.05, 0.1) is 0 Å². The fourth-order valence-electron chi connectivity index (χ4n) is 8.47. The molecule has 0 radical (unpaired) electrons. The number of rotatable bonds is 5. The Morgan fingerprint density at radius 2 is 1.68 bits per heavy atom. The molecule has 10 heteroatoms. The third-order valence-electron chi connectivity index (χ3n) is 10.7. The van der Waals surface area contributed by atoms with Crippen molar-refractivity contribution in [2.24, 2.45) is 17.3 Å². The second-order valence-electron chi connectivity index (χ2n) is 12.9. The predicted octanol–water partition coefficient (Wildman–Crippen LogP) is 8.10. The van der Waals surface area contributed by atoms with Gasteiger partial charge in [-0.25, -0.2) is 0 Å². The molecule has 4 aliphatic rings. The van der Waals surface area contributed by atoms with Gasteiger partial charge in [0.1, 0.15) is 5.60 Å². The number of hydrogen-bond donors (Lipinski definition) is 2. The van der Waals surface area contributed by atoms with Crippen molar-refractivity contribution >= 4 is 23.3 Å². The number of hydrogen-bond acceptors (Lipinski definition) is 3. The van der Waals surface area contributed by atoms with E-state index < -0.39 is 41.4 Å². The molecule has 4 nitrogen and oxygen atoms in total. The first-order chi connectivity index (χ1) is 20.7. The number of aliphatic hydroxyl groups is 1. The van der Waals surface area contributed by atoms with E-state index in [9.17, 15) is 27.9 Å². The number of halogens is 6. The van der Waals surface area contributed by atoms with Crippen molar-refractivity contribution in [1.29, 1.82) is 0 Å². The van der Waals surface area contributed by atoms with Crippen molar-refractivity contribution in [3.8, 4) is 0 Å². The lowest BCUT2D eigenvalue weighted by atomic mass is 9.50. The lowest BCUT2D eigenvalue weighted by Gasteiger charge is -2.56. The summed E-state index contributed by atoms with van der Waals surface area (Å²) in [4.78, 5) is 25.1. The van der Waals surface area contributed by atoms with Crippen molar-refractivity contribution in [1.82, 2.24) is 5.32 Å². The van der Waals surface area contributed by atoms with Gasteiger partial charge in [0.2, 0.25) is 0 Å². The third kappa shape index (κ3) is 4.82. The van der Waals surface area contributed by atoms with E-state index in [1.165, 1.54) is 6.92 Å². The van der Waals surface area contributed by atoms with E-state index in [1.807, 2.05) is 0 Å². The third-order valence-corrected chi connectivity index (χ3v) is 11.0. The topological polar surface area (TPSA) is 66.4 Å². The molecule has 6 rings (SSSR count). The van der Waals surface area contributed by atoms with E-state index in [-0.39, 0.29) is 37.0 Å². The summed E-state index contributed by atoms with van der Waals surface area (Å²) in [6.45, 7) is 1.67. The lowest BCUT2D eigenvalue weighted by molar-refractivity contribution is -0.362. The molecule has 2 saturated carbocycles. The smallest absolute Gasteiger partial charge is 0.383 e. The van der Waals surface area contributed by atoms with Gasteiger partial charge in [-0.15, -0.1) is 0 Å². The van der Waals surface area contributed by atoms with Crippen LogP contribution in [0.4, 0.5) is 22.0 Å². The molecule has 0 aliphatic heterocycles. The van der Waals surface area contributed by atoms with Crippen molar-refractivity contribution in [2.75, 3.05) is 0 Å². The molecule has 0 unspecified atom stereocenters. The van der Waals surface area contributed by atoms with E-state index in [1.54, 1.807) is 54.6 Å². The highest BCUT2D eigenvalue weighted by Gasteiger charge is 2.79. The van der Waals surface area contributed by atoms with Crippen LogP contribution in [0.25, 0.3) is 0 Å². The zero-order chi connectivity index (χ0) is 31.7. The molecule has 2 aromatic carbocycles. The normalized spacial score (nSPS) is 30.3. The Labute approximate surface area is 257 Å². The maximum Gasteiger partial charge on any atom is 0.456 e. The molecule has 0 saturated heterocycles. The predicted molar refractivity (Wildman–Crippen MR) is 155 cm³/mol. The monoisotopic (exact) mass is 633 g/mol. The van der Waals surface area contributed by atoms with Crippen LogP contribution in [0.1, 0.15) is 79.3 Å². The van der Waals surface area contributed by atoms with E-state index in [2.05, 4.69) is 5.32 Å². The molecular weight excluding hydrogens is 601 g/mol. The van der Waals surface area contributed by atoms with Crippen LogP contribution < -0.4 is 5.32 Å². The first-order valence-corrected chi connectivity index (χ1v) is 15.3. The summed E-state index contributed by atoms with van der Waals surface area (Å²) in [5.74, 6) is -7.04. The van der Waals surface area contributed by atoms with Gasteiger partial charge in [-0.05, 0) is 103 Å². The van der Waals surface area contributed by atoms with Gasteiger partial charge in [-0.2, -0.15) is 22.0 Å². The molecule has 0 heterocycles. The lowest BCUT2D eigenvalue weighted by Crippen LogP contribution is -2.65. The summed E-state index contributed by atoms with van der Waals surface area (Å²) in [6, 6.07) is 13.7. The van der Waals surface area contributed by atoms with E-state index in [4.69, 9.17) is 11.6 Å². The van der Waals surface area contributed by atoms with Crippen molar-refractivity contribution in [2.45, 2.75) is 82.0 Å². The Bertz CT molecular complexity index is 1550. The number of carbonyl (C=O) groups is 2. The number of carbonyl (C=O) groups excluding carboxylic acids is 2. The van der Waals surface area contributed by atoms with Crippen LogP contribution >= 0.6 is 11.6 Å². The average molecular weight is 634 g/mol. The number of amides is 1. The molecule has 2 fully saturated rings. The summed E-state index contributed by atoms with van der Waals surface area (Å²) in [7, 11) is 0. The summed E-state index contributed by atoms with van der Waals surface area (Å²) in [6.07, 6.45) is -3.12. The first-order valence-electron chi connectivity index (χ1n) is 14.9. The van der Waals surface area contributed by atoms with Gasteiger partial charge >= 0.3 is 12.1 Å². The van der Waals surface area contributed by atoms with E-state index >= 15 is 8.78 Å². The zero-order valence-electron chi connectivity index (χ0n) is 24.1. The molecule has 4 aliphatic carbocycles. The van der Waals surface area contributed by atoms with Crippen molar-refractivity contribution in [3.63, 3.8) is 0 Å². The Balaban J connectivity index is 1.37. The molecule has 0 bridgehead atoms. The average Bonchev–Trinajstić information content (AvgIpc) is 3.27. The number of benzene rings is 2. The second kappa shape index (κ2) is 10.8. The van der Waals surface area contributed by atoms with Crippen molar-refractivity contribution < 1.29 is 36.6 Å². The number of allylic oxidation sites excluding steroid dienone is 4. The number of alkyl halides is 5. The van der Waals surface area contributed by atoms with Crippen LogP contribution in [-0.2, 0) is 11.3 Å². The standard InChI is InChI=1S/C34H33ClF5NO3/c1-31-17-27(20-4-6-21(7-5-20)30(43)41-18-19-2-9-23(35)10-3-19)29-25-13-11-24(42)16-22(25)8-12-26(29)28(31)14-15-32(31,44)33(36,37)34(38,39)40/h2-7,9-10,16,26-28,44H,8,11-15,17-18H2,1H3,(H,41,43)/t26-,27+,28-,31-,32-/m0/s1. The van der Waals surface area contributed by atoms with Gasteiger partial charge in [0.25, 0.3) is 5.91 Å². The number of fused-ring (bicyclic) bond motifs is 4. The van der Waals surface area contributed by atoms with Crippen molar-refractivity contribution in [3.05, 3.63) is 93.0 Å². The van der Waals surface area contributed by atoms with Crippen LogP contribution in [0.2, 0.25) is 5.02 Å². The molecule has 44 heavy (non-hydrogen) atoms. The first kappa shape index (κ1) is 31.0. The van der Waals surface area contributed by atoms with Crippen LogP contribution in [-0.4, -0.2) is 34.5 Å². The molecule has 2 aromatic rings. The molecule has 2 N–H and O–H groups in total. The Hall–Kier alpha value is -3.04. The van der Waals surface area contributed by atoms with Gasteiger partial charge in [-0.1, -0.05) is 48.4 Å². The van der Waals surface area contributed by atoms with Gasteiger partial charge in [0, 0.05) is 34.9 Å². The summed E-state index contributed by atoms with van der Waals surface area (Å²) < 4.78 is 71.7. The maximum absolute atomic E-state index is 15.2. The van der Waals surface area contributed by atoms with Gasteiger partial charge in [-0.3, -0.25) is 9.59 Å². The molecule has 5 atom stereocenters. The number of ketones is 1. The Kier molecular flexibility index (Phi) is 7.60. The Morgan fingerprint density at radius 3 is 2.34 bits per heavy atom. The quantitative estimate of drug-likeness (QED) is 0.327. The molecule has 1 amide bonds. The van der Waals surface area contributed by atoms with Crippen LogP contribution in [0.3, 0.4) is 0 Å². The van der Waals surface area contributed by atoms with Gasteiger partial charge in [0.15, 0.2) is 5.78 Å². The molecular formula is C34H33ClF5NO3. The summed E-state index contributed by atoms with van der Waals surface area (Å²) >= 11 is 5.92. The fraction of sp³-hybridized carbons (Fsp3) is 0.471. The highest BCUT2D eigenvalue weighted by Crippen LogP contribution is 2.70. The summed E-state index contributed by atoms with van der Waals surface area (Å²) in [5.41, 5.74) is -0.209. The van der Waals surface area contributed by atoms with Crippen LogP contribution in [0, 0.1) is 17.3 Å². The zero-order valence-corrected chi connectivity index (χ0v) is 24.9. The molecule has 0 spiro atoms. The molecule has 234 valence electrons. The molecule has 0 aromatic heterocycles. The maximum atomic E-state index is 15.2. The highest BCUT2D eigenvalue weighted by atomic mass is 35.5. The minimum absolute atomic E-state index is 0.0222. The number of nitrogens with one attached hydrogen (secondary N) is 1. The van der Waals surface area contributed by atoms with Crippen LogP contribution in [0.15, 0.2) is 71.3 Å². The minimum Gasteiger partial charge on any atom is -0.383 e. The second-order valence-corrected chi connectivity index (χ2v) is 13.3. The minimum atomic E-state index is -5.90. The van der Waals surface area contributed by atoms with Gasteiger partial charge < -0.3 is 10.4 Å².